The van der Waals surface area contributed by atoms with E-state index in [0.717, 1.165) is 22.7 Å². The van der Waals surface area contributed by atoms with Crippen LogP contribution in [-0.4, -0.2) is 33.1 Å². The zero-order chi connectivity index (χ0) is 20.8. The van der Waals surface area contributed by atoms with Crippen LogP contribution in [0.5, 0.6) is 5.75 Å². The molecule has 0 aliphatic carbocycles. The van der Waals surface area contributed by atoms with Gasteiger partial charge in [-0.3, -0.25) is 4.52 Å². The number of nitrogens with two attached hydrogens (primary N) is 1. The highest BCUT2D eigenvalue weighted by Gasteiger charge is 2.24. The molecule has 28 heavy (non-hydrogen) atoms. The standard InChI is InChI=1S/C20H27N2O5P/c1-16-6-4-8-19(14-16)26-13-5-7-17-9-10-18(22(17)3)11-12-20(2,21)15-27-28(23,24)25/h4,6,8-10,14H,11-13,15,21H2,1-3H3,(H2,23,24,25). The fourth-order valence-electron chi connectivity index (χ4n) is 2.60. The molecule has 152 valence electrons. The zero-order valence-corrected chi connectivity index (χ0v) is 17.3. The molecule has 0 aliphatic heterocycles. The highest BCUT2D eigenvalue weighted by Crippen LogP contribution is 2.36. The van der Waals surface area contributed by atoms with Gasteiger partial charge in [-0.25, -0.2) is 4.57 Å². The number of hydrogen-bond donors (Lipinski definition) is 3. The topological polar surface area (TPSA) is 107 Å². The van der Waals surface area contributed by atoms with E-state index in [4.69, 9.17) is 20.3 Å². The van der Waals surface area contributed by atoms with Gasteiger partial charge in [0.2, 0.25) is 0 Å². The van der Waals surface area contributed by atoms with E-state index < -0.39 is 13.4 Å². The van der Waals surface area contributed by atoms with Crippen molar-refractivity contribution in [1.29, 1.82) is 0 Å². The van der Waals surface area contributed by atoms with Crippen LogP contribution in [0.2, 0.25) is 0 Å². The van der Waals surface area contributed by atoms with Crippen molar-refractivity contribution in [1.82, 2.24) is 4.57 Å². The molecular weight excluding hydrogens is 379 g/mol. The largest absolute Gasteiger partial charge is 0.481 e. The number of rotatable bonds is 8. The highest BCUT2D eigenvalue weighted by molar-refractivity contribution is 7.46. The minimum atomic E-state index is -4.52. The number of phosphoric ester groups is 1. The Morgan fingerprint density at radius 1 is 1.29 bits per heavy atom. The lowest BCUT2D eigenvalue weighted by Crippen LogP contribution is -2.41. The summed E-state index contributed by atoms with van der Waals surface area (Å²) in [7, 11) is -2.60. The Labute approximate surface area is 165 Å². The van der Waals surface area contributed by atoms with Gasteiger partial charge in [0.15, 0.2) is 0 Å². The molecule has 0 fully saturated rings. The average Bonchev–Trinajstić information content (AvgIpc) is 2.95. The molecule has 4 N–H and O–H groups in total. The van der Waals surface area contributed by atoms with Crippen LogP contribution in [0.25, 0.3) is 0 Å². The van der Waals surface area contributed by atoms with E-state index in [-0.39, 0.29) is 6.61 Å². The van der Waals surface area contributed by atoms with Crippen molar-refractivity contribution in [3.05, 3.63) is 53.3 Å². The molecule has 1 aromatic carbocycles. The molecular formula is C20H27N2O5P. The highest BCUT2D eigenvalue weighted by atomic mass is 31.2. The lowest BCUT2D eigenvalue weighted by molar-refractivity contribution is 0.154. The van der Waals surface area contributed by atoms with Crippen LogP contribution in [0.3, 0.4) is 0 Å². The fraction of sp³-hybridized carbons (Fsp3) is 0.400. The summed E-state index contributed by atoms with van der Waals surface area (Å²) in [5.74, 6) is 6.89. The van der Waals surface area contributed by atoms with Gasteiger partial charge in [-0.15, -0.1) is 0 Å². The quantitative estimate of drug-likeness (QED) is 0.459. The van der Waals surface area contributed by atoms with Crippen molar-refractivity contribution >= 4 is 7.82 Å². The van der Waals surface area contributed by atoms with E-state index in [0.29, 0.717) is 19.4 Å². The van der Waals surface area contributed by atoms with Crippen LogP contribution >= 0.6 is 7.82 Å². The van der Waals surface area contributed by atoms with Crippen LogP contribution in [0, 0.1) is 18.8 Å². The van der Waals surface area contributed by atoms with Crippen molar-refractivity contribution < 1.29 is 23.6 Å². The molecule has 0 radical (unpaired) electrons. The zero-order valence-electron chi connectivity index (χ0n) is 16.4. The van der Waals surface area contributed by atoms with Crippen LogP contribution in [0.1, 0.15) is 30.3 Å². The first-order chi connectivity index (χ1) is 13.1. The molecule has 1 unspecified atom stereocenters. The molecule has 0 saturated heterocycles. The third-order valence-corrected chi connectivity index (χ3v) is 4.72. The Hall–Kier alpha value is -2.07. The van der Waals surface area contributed by atoms with Crippen LogP contribution in [0.15, 0.2) is 36.4 Å². The first-order valence-electron chi connectivity index (χ1n) is 8.88. The number of aromatic nitrogens is 1. The molecule has 2 rings (SSSR count). The van der Waals surface area contributed by atoms with E-state index in [1.54, 1.807) is 6.92 Å². The third kappa shape index (κ3) is 7.51. The van der Waals surface area contributed by atoms with E-state index in [9.17, 15) is 4.57 Å². The van der Waals surface area contributed by atoms with Crippen LogP contribution in [0.4, 0.5) is 0 Å². The average molecular weight is 406 g/mol. The molecule has 2 aromatic rings. The number of benzene rings is 1. The van der Waals surface area contributed by atoms with Crippen LogP contribution < -0.4 is 10.5 Å². The van der Waals surface area contributed by atoms with E-state index >= 15 is 0 Å². The maximum absolute atomic E-state index is 10.8. The summed E-state index contributed by atoms with van der Waals surface area (Å²) in [6.07, 6.45) is 1.14. The second kappa shape index (κ2) is 9.42. The number of aryl methyl sites for hydroxylation is 2. The molecule has 0 spiro atoms. The summed E-state index contributed by atoms with van der Waals surface area (Å²) < 4.78 is 23.0. The maximum Gasteiger partial charge on any atom is 0.469 e. The molecule has 1 heterocycles. The molecule has 0 saturated carbocycles. The first-order valence-corrected chi connectivity index (χ1v) is 10.4. The van der Waals surface area contributed by atoms with Gasteiger partial charge in [-0.1, -0.05) is 18.1 Å². The van der Waals surface area contributed by atoms with Gasteiger partial charge in [0.05, 0.1) is 12.3 Å². The Morgan fingerprint density at radius 2 is 2.04 bits per heavy atom. The molecule has 0 bridgehead atoms. The lowest BCUT2D eigenvalue weighted by Gasteiger charge is -2.24. The van der Waals surface area contributed by atoms with Crippen molar-refractivity contribution in [2.75, 3.05) is 13.2 Å². The smallest absolute Gasteiger partial charge is 0.469 e. The second-order valence-electron chi connectivity index (χ2n) is 7.09. The monoisotopic (exact) mass is 406 g/mol. The fourth-order valence-corrected chi connectivity index (χ4v) is 3.06. The summed E-state index contributed by atoms with van der Waals surface area (Å²) in [5, 5.41) is 0. The van der Waals surface area contributed by atoms with Crippen molar-refractivity contribution in [2.45, 2.75) is 32.2 Å². The molecule has 1 aromatic heterocycles. The number of ether oxygens (including phenoxy) is 1. The first kappa shape index (κ1) is 22.2. The van der Waals surface area contributed by atoms with Gasteiger partial charge in [0.25, 0.3) is 0 Å². The summed E-state index contributed by atoms with van der Waals surface area (Å²) in [4.78, 5) is 17.6. The predicted octanol–water partition coefficient (Wildman–Crippen LogP) is 2.52. The Bertz CT molecular complexity index is 905. The van der Waals surface area contributed by atoms with Crippen LogP contribution in [-0.2, 0) is 22.6 Å². The molecule has 8 heteroatoms. The minimum Gasteiger partial charge on any atom is -0.481 e. The summed E-state index contributed by atoms with van der Waals surface area (Å²) in [6, 6.07) is 11.7. The molecule has 7 nitrogen and oxygen atoms in total. The predicted molar refractivity (Wildman–Crippen MR) is 108 cm³/mol. The van der Waals surface area contributed by atoms with Crippen molar-refractivity contribution in [2.24, 2.45) is 12.8 Å². The van der Waals surface area contributed by atoms with Gasteiger partial charge in [-0.05, 0) is 62.4 Å². The molecule has 0 aliphatic rings. The Kier molecular flexibility index (Phi) is 7.48. The Balaban J connectivity index is 1.89. The van der Waals surface area contributed by atoms with Gasteiger partial charge in [0, 0.05) is 18.3 Å². The minimum absolute atomic E-state index is 0.218. The van der Waals surface area contributed by atoms with Gasteiger partial charge in [0.1, 0.15) is 12.4 Å². The number of phosphoric acid groups is 1. The summed E-state index contributed by atoms with van der Waals surface area (Å²) in [5.41, 5.74) is 8.24. The number of nitrogens with zero attached hydrogens (tertiary/aromatic N) is 1. The van der Waals surface area contributed by atoms with E-state index in [2.05, 4.69) is 16.4 Å². The molecule has 0 amide bonds. The van der Waals surface area contributed by atoms with Gasteiger partial charge in [-0.2, -0.15) is 0 Å². The maximum atomic E-state index is 10.8. The summed E-state index contributed by atoms with van der Waals surface area (Å²) >= 11 is 0. The van der Waals surface area contributed by atoms with Gasteiger partial charge < -0.3 is 24.8 Å². The van der Waals surface area contributed by atoms with Crippen molar-refractivity contribution in [3.63, 3.8) is 0 Å². The normalized spacial score (nSPS) is 13.5. The molecule has 1 atom stereocenters. The van der Waals surface area contributed by atoms with E-state index in [1.807, 2.05) is 54.9 Å². The van der Waals surface area contributed by atoms with Crippen molar-refractivity contribution in [3.8, 4) is 17.6 Å². The third-order valence-electron chi connectivity index (χ3n) is 4.26. The summed E-state index contributed by atoms with van der Waals surface area (Å²) in [6.45, 7) is 3.79. The lowest BCUT2D eigenvalue weighted by atomic mass is 9.97. The van der Waals surface area contributed by atoms with E-state index in [1.165, 1.54) is 0 Å². The van der Waals surface area contributed by atoms with Gasteiger partial charge >= 0.3 is 7.82 Å². The second-order valence-corrected chi connectivity index (χ2v) is 8.33. The SMILES string of the molecule is Cc1cccc(OCC#Cc2ccc(CCC(C)(N)COP(=O)(O)O)n2C)c1. The Morgan fingerprint density at radius 3 is 2.71 bits per heavy atom. The number of hydrogen-bond acceptors (Lipinski definition) is 4.